The number of imide groups is 1. The summed E-state index contributed by atoms with van der Waals surface area (Å²) in [6.45, 7) is 0. The molecule has 0 aliphatic carbocycles. The van der Waals surface area contributed by atoms with Gasteiger partial charge in [0.25, 0.3) is 0 Å². The summed E-state index contributed by atoms with van der Waals surface area (Å²) in [7, 11) is 1.50. The zero-order valence-electron chi connectivity index (χ0n) is 11.4. The van der Waals surface area contributed by atoms with Gasteiger partial charge in [-0.1, -0.05) is 36.4 Å². The highest BCUT2D eigenvalue weighted by Gasteiger charge is 2.43. The molecular formula is C16H13N3O2. The first-order valence-electron chi connectivity index (χ1n) is 6.49. The molecule has 0 atom stereocenters. The molecule has 1 saturated heterocycles. The van der Waals surface area contributed by atoms with Gasteiger partial charge in [0.15, 0.2) is 0 Å². The Bertz CT molecular complexity index is 711. The molecule has 0 spiro atoms. The number of amides is 3. The summed E-state index contributed by atoms with van der Waals surface area (Å²) in [4.78, 5) is 31.5. The Kier molecular flexibility index (Phi) is 3.23. The van der Waals surface area contributed by atoms with E-state index in [4.69, 9.17) is 0 Å². The van der Waals surface area contributed by atoms with Crippen molar-refractivity contribution in [2.75, 3.05) is 16.8 Å². The van der Waals surface area contributed by atoms with Crippen LogP contribution in [0.3, 0.4) is 0 Å². The van der Waals surface area contributed by atoms with Crippen LogP contribution in [0.15, 0.2) is 65.7 Å². The van der Waals surface area contributed by atoms with Gasteiger partial charge in [0.05, 0.1) is 11.4 Å². The first-order valence-corrected chi connectivity index (χ1v) is 6.49. The van der Waals surface area contributed by atoms with Crippen LogP contribution in [0.1, 0.15) is 0 Å². The molecule has 5 nitrogen and oxygen atoms in total. The minimum atomic E-state index is -0.419. The Morgan fingerprint density at radius 2 is 1.24 bits per heavy atom. The molecule has 1 aliphatic heterocycles. The van der Waals surface area contributed by atoms with Crippen LogP contribution in [0.25, 0.3) is 0 Å². The van der Waals surface area contributed by atoms with Crippen molar-refractivity contribution in [1.29, 1.82) is 0 Å². The smallest absolute Gasteiger partial charge is 0.266 e. The summed E-state index contributed by atoms with van der Waals surface area (Å²) < 4.78 is 0. The van der Waals surface area contributed by atoms with Crippen LogP contribution < -0.4 is 9.80 Å². The molecule has 0 unspecified atom stereocenters. The summed E-state index contributed by atoms with van der Waals surface area (Å²) in [6.07, 6.45) is 0. The number of hydrogen-bond donors (Lipinski definition) is 0. The number of para-hydroxylation sites is 2. The Morgan fingerprint density at radius 1 is 0.762 bits per heavy atom. The van der Waals surface area contributed by atoms with Crippen LogP contribution in [0.4, 0.5) is 16.2 Å². The molecule has 0 radical (unpaired) electrons. The Hall–Kier alpha value is -2.95. The van der Waals surface area contributed by atoms with Crippen LogP contribution in [0.2, 0.25) is 0 Å². The second-order valence-electron chi connectivity index (χ2n) is 4.48. The molecule has 1 heterocycles. The number of benzene rings is 2. The third kappa shape index (κ3) is 2.08. The van der Waals surface area contributed by atoms with Gasteiger partial charge in [-0.05, 0) is 24.3 Å². The van der Waals surface area contributed by atoms with Crippen LogP contribution in [0.5, 0.6) is 0 Å². The fourth-order valence-corrected chi connectivity index (χ4v) is 2.28. The third-order valence-electron chi connectivity index (χ3n) is 3.23. The van der Waals surface area contributed by atoms with E-state index < -0.39 is 11.9 Å². The van der Waals surface area contributed by atoms with Crippen molar-refractivity contribution in [3.63, 3.8) is 0 Å². The highest BCUT2D eigenvalue weighted by Crippen LogP contribution is 2.26. The Labute approximate surface area is 122 Å². The number of nitrogens with zero attached hydrogens (tertiary/aromatic N) is 3. The van der Waals surface area contributed by atoms with E-state index in [0.29, 0.717) is 11.4 Å². The van der Waals surface area contributed by atoms with Crippen molar-refractivity contribution in [3.8, 4) is 0 Å². The maximum Gasteiger partial charge on any atom is 0.342 e. The van der Waals surface area contributed by atoms with Gasteiger partial charge in [-0.25, -0.2) is 14.6 Å². The molecular weight excluding hydrogens is 266 g/mol. The largest absolute Gasteiger partial charge is 0.342 e. The van der Waals surface area contributed by atoms with Gasteiger partial charge in [0.2, 0.25) is 5.84 Å². The standard InChI is InChI=1S/C16H13N3O2/c1-17-14-15(20)19(13-10-6-3-7-11-13)16(21)18(14)12-8-4-2-5-9-12/h2-11H,1H3. The lowest BCUT2D eigenvalue weighted by atomic mass is 10.3. The lowest BCUT2D eigenvalue weighted by Crippen LogP contribution is -2.33. The van der Waals surface area contributed by atoms with E-state index in [2.05, 4.69) is 4.99 Å². The van der Waals surface area contributed by atoms with Crippen molar-refractivity contribution < 1.29 is 9.59 Å². The van der Waals surface area contributed by atoms with E-state index in [1.165, 1.54) is 11.9 Å². The van der Waals surface area contributed by atoms with Crippen LogP contribution in [0, 0.1) is 0 Å². The normalized spacial score (nSPS) is 16.9. The number of carbonyl (C=O) groups is 2. The minimum absolute atomic E-state index is 0.120. The topological polar surface area (TPSA) is 53.0 Å². The van der Waals surface area contributed by atoms with Crippen molar-refractivity contribution in [2.24, 2.45) is 4.99 Å². The number of rotatable bonds is 2. The minimum Gasteiger partial charge on any atom is -0.266 e. The van der Waals surface area contributed by atoms with Crippen LogP contribution in [-0.4, -0.2) is 24.8 Å². The summed E-state index contributed by atoms with van der Waals surface area (Å²) in [6, 6.07) is 17.4. The average Bonchev–Trinajstić information content (AvgIpc) is 2.79. The highest BCUT2D eigenvalue weighted by molar-refractivity contribution is 6.61. The second kappa shape index (κ2) is 5.20. The van der Waals surface area contributed by atoms with Gasteiger partial charge in [0, 0.05) is 7.05 Å². The SMILES string of the molecule is CN=C1C(=O)N(c2ccccc2)C(=O)N1c1ccccc1. The van der Waals surface area contributed by atoms with Gasteiger partial charge in [0.1, 0.15) is 0 Å². The van der Waals surface area contributed by atoms with E-state index in [0.717, 1.165) is 4.90 Å². The quantitative estimate of drug-likeness (QED) is 0.794. The fourth-order valence-electron chi connectivity index (χ4n) is 2.28. The first-order chi connectivity index (χ1) is 10.2. The molecule has 0 N–H and O–H groups in total. The molecule has 2 aromatic carbocycles. The van der Waals surface area contributed by atoms with Crippen LogP contribution >= 0.6 is 0 Å². The average molecular weight is 279 g/mol. The summed E-state index contributed by atoms with van der Waals surface area (Å²) in [5.74, 6) is -0.299. The van der Waals surface area contributed by atoms with Gasteiger partial charge in [-0.2, -0.15) is 0 Å². The Morgan fingerprint density at radius 3 is 1.71 bits per heavy atom. The number of hydrogen-bond acceptors (Lipinski definition) is 3. The zero-order valence-corrected chi connectivity index (χ0v) is 11.4. The second-order valence-corrected chi connectivity index (χ2v) is 4.48. The van der Waals surface area contributed by atoms with Crippen molar-refractivity contribution in [3.05, 3.63) is 60.7 Å². The molecule has 0 saturated carbocycles. The third-order valence-corrected chi connectivity index (χ3v) is 3.23. The highest BCUT2D eigenvalue weighted by atomic mass is 16.2. The number of anilines is 2. The number of carbonyl (C=O) groups excluding carboxylic acids is 2. The van der Waals surface area contributed by atoms with E-state index in [9.17, 15) is 9.59 Å². The van der Waals surface area contributed by atoms with E-state index in [-0.39, 0.29) is 5.84 Å². The molecule has 0 bridgehead atoms. The molecule has 3 amide bonds. The number of aliphatic imine (C=N–C) groups is 1. The summed E-state index contributed by atoms with van der Waals surface area (Å²) in [5.41, 5.74) is 1.15. The van der Waals surface area contributed by atoms with E-state index >= 15 is 0 Å². The lowest BCUT2D eigenvalue weighted by molar-refractivity contribution is -0.111. The van der Waals surface area contributed by atoms with Gasteiger partial charge in [-0.3, -0.25) is 9.79 Å². The number of urea groups is 1. The predicted molar refractivity (Wildman–Crippen MR) is 81.6 cm³/mol. The molecule has 3 rings (SSSR count). The van der Waals surface area contributed by atoms with Gasteiger partial charge >= 0.3 is 11.9 Å². The molecule has 21 heavy (non-hydrogen) atoms. The van der Waals surface area contributed by atoms with Crippen LogP contribution in [-0.2, 0) is 4.79 Å². The van der Waals surface area contributed by atoms with Gasteiger partial charge < -0.3 is 0 Å². The molecule has 1 aliphatic rings. The van der Waals surface area contributed by atoms with Crippen molar-refractivity contribution in [2.45, 2.75) is 0 Å². The van der Waals surface area contributed by atoms with E-state index in [1.807, 2.05) is 24.3 Å². The Balaban J connectivity index is 2.08. The summed E-state index contributed by atoms with van der Waals surface area (Å²) in [5, 5.41) is 0. The van der Waals surface area contributed by atoms with Gasteiger partial charge in [-0.15, -0.1) is 0 Å². The maximum absolute atomic E-state index is 12.6. The lowest BCUT2D eigenvalue weighted by Gasteiger charge is -2.16. The molecule has 104 valence electrons. The van der Waals surface area contributed by atoms with E-state index in [1.54, 1.807) is 36.4 Å². The zero-order chi connectivity index (χ0) is 14.8. The predicted octanol–water partition coefficient (Wildman–Crippen LogP) is 2.69. The molecule has 0 aromatic heterocycles. The van der Waals surface area contributed by atoms with Crippen molar-refractivity contribution >= 4 is 29.1 Å². The van der Waals surface area contributed by atoms with Crippen molar-refractivity contribution in [1.82, 2.24) is 0 Å². The summed E-state index contributed by atoms with van der Waals surface area (Å²) >= 11 is 0. The maximum atomic E-state index is 12.6. The first kappa shape index (κ1) is 13.1. The number of amidine groups is 1. The molecule has 1 fully saturated rings. The molecule has 2 aromatic rings. The fraction of sp³-hybridized carbons (Fsp3) is 0.0625. The molecule has 5 heteroatoms. The monoisotopic (exact) mass is 279 g/mol.